The first-order valence-electron chi connectivity index (χ1n) is 9.67. The molecule has 8 heteroatoms. The van der Waals surface area contributed by atoms with Gasteiger partial charge in [-0.25, -0.2) is 9.18 Å². The number of carbonyl (C=O) groups is 3. The molecule has 2 saturated heterocycles. The Hall–Kier alpha value is -2.48. The lowest BCUT2D eigenvalue weighted by Gasteiger charge is -2.32. The van der Waals surface area contributed by atoms with Gasteiger partial charge in [0.2, 0.25) is 5.91 Å². The highest BCUT2D eigenvalue weighted by Gasteiger charge is 2.52. The Morgan fingerprint density at radius 3 is 2.68 bits per heavy atom. The number of carbonyl (C=O) groups excluding carboxylic acids is 3. The molecule has 2 fully saturated rings. The summed E-state index contributed by atoms with van der Waals surface area (Å²) < 4.78 is 18.8. The standard InChI is InChI=1S/C20H26FN3O4/c1-3-4-9-20(15-5-7-16(21)8-6-15)18(26)24(19(27)22-20)13-17(25)23-10-11-28-14(2)12-23/h5-8,14H,3-4,9-13H2,1-2H3,(H,22,27). The van der Waals surface area contributed by atoms with E-state index in [9.17, 15) is 18.8 Å². The van der Waals surface area contributed by atoms with Crippen LogP contribution in [0.5, 0.6) is 0 Å². The molecule has 0 bridgehead atoms. The minimum Gasteiger partial charge on any atom is -0.375 e. The molecule has 4 amide bonds. The van der Waals surface area contributed by atoms with Crippen LogP contribution in [0.4, 0.5) is 9.18 Å². The summed E-state index contributed by atoms with van der Waals surface area (Å²) in [6.45, 7) is 4.85. The quantitative estimate of drug-likeness (QED) is 0.753. The minimum atomic E-state index is -1.26. The van der Waals surface area contributed by atoms with Crippen molar-refractivity contribution in [3.05, 3.63) is 35.6 Å². The van der Waals surface area contributed by atoms with Gasteiger partial charge in [0.05, 0.1) is 12.7 Å². The van der Waals surface area contributed by atoms with Gasteiger partial charge in [-0.1, -0.05) is 31.9 Å². The predicted molar refractivity (Wildman–Crippen MR) is 99.8 cm³/mol. The molecule has 2 unspecified atom stereocenters. The molecule has 28 heavy (non-hydrogen) atoms. The molecule has 152 valence electrons. The van der Waals surface area contributed by atoms with Crippen LogP contribution >= 0.6 is 0 Å². The number of amides is 4. The van der Waals surface area contributed by atoms with Crippen LogP contribution in [0.3, 0.4) is 0 Å². The summed E-state index contributed by atoms with van der Waals surface area (Å²) in [5.41, 5.74) is -0.741. The number of unbranched alkanes of at least 4 members (excludes halogenated alkanes) is 1. The zero-order valence-electron chi connectivity index (χ0n) is 16.2. The maximum atomic E-state index is 13.4. The first-order chi connectivity index (χ1) is 13.4. The molecule has 3 rings (SSSR count). The van der Waals surface area contributed by atoms with Crippen LogP contribution in [0, 0.1) is 5.82 Å². The summed E-state index contributed by atoms with van der Waals surface area (Å²) in [5.74, 6) is -1.17. The van der Waals surface area contributed by atoms with Crippen LogP contribution in [-0.2, 0) is 19.9 Å². The van der Waals surface area contributed by atoms with Gasteiger partial charge in [-0.2, -0.15) is 0 Å². The third kappa shape index (κ3) is 3.87. The smallest absolute Gasteiger partial charge is 0.325 e. The molecule has 2 heterocycles. The number of hydrogen-bond donors (Lipinski definition) is 1. The van der Waals surface area contributed by atoms with E-state index in [0.717, 1.165) is 11.3 Å². The molecule has 7 nitrogen and oxygen atoms in total. The van der Waals surface area contributed by atoms with E-state index in [2.05, 4.69) is 5.32 Å². The molecule has 2 aliphatic rings. The summed E-state index contributed by atoms with van der Waals surface area (Å²) in [6.07, 6.45) is 1.84. The molecular formula is C20H26FN3O4. The van der Waals surface area contributed by atoms with Gasteiger partial charge >= 0.3 is 6.03 Å². The van der Waals surface area contributed by atoms with E-state index in [0.29, 0.717) is 38.1 Å². The van der Waals surface area contributed by atoms with Crippen molar-refractivity contribution >= 4 is 17.8 Å². The van der Waals surface area contributed by atoms with Crippen LogP contribution < -0.4 is 5.32 Å². The van der Waals surface area contributed by atoms with Crippen molar-refractivity contribution in [2.24, 2.45) is 0 Å². The van der Waals surface area contributed by atoms with Gasteiger partial charge in [0, 0.05) is 13.1 Å². The van der Waals surface area contributed by atoms with E-state index in [1.54, 1.807) is 4.90 Å². The second-order valence-corrected chi connectivity index (χ2v) is 7.36. The van der Waals surface area contributed by atoms with E-state index >= 15 is 0 Å². The van der Waals surface area contributed by atoms with Crippen molar-refractivity contribution in [1.82, 2.24) is 15.1 Å². The summed E-state index contributed by atoms with van der Waals surface area (Å²) >= 11 is 0. The van der Waals surface area contributed by atoms with Crippen molar-refractivity contribution in [3.8, 4) is 0 Å². The fourth-order valence-corrected chi connectivity index (χ4v) is 3.74. The maximum absolute atomic E-state index is 13.4. The predicted octanol–water partition coefficient (Wildman–Crippen LogP) is 2.01. The van der Waals surface area contributed by atoms with Gasteiger partial charge in [0.15, 0.2) is 0 Å². The van der Waals surface area contributed by atoms with Gasteiger partial charge in [0.1, 0.15) is 17.9 Å². The average Bonchev–Trinajstić information content (AvgIpc) is 2.92. The zero-order chi connectivity index (χ0) is 20.3. The van der Waals surface area contributed by atoms with E-state index in [4.69, 9.17) is 4.74 Å². The molecular weight excluding hydrogens is 365 g/mol. The monoisotopic (exact) mass is 391 g/mol. The lowest BCUT2D eigenvalue weighted by Crippen LogP contribution is -2.50. The van der Waals surface area contributed by atoms with Crippen LogP contribution in [-0.4, -0.2) is 60.0 Å². The molecule has 2 atom stereocenters. The molecule has 0 aliphatic carbocycles. The van der Waals surface area contributed by atoms with Gasteiger partial charge in [0.25, 0.3) is 5.91 Å². The van der Waals surface area contributed by atoms with Crippen LogP contribution in [0.2, 0.25) is 0 Å². The number of morpholine rings is 1. The van der Waals surface area contributed by atoms with Crippen molar-refractivity contribution < 1.29 is 23.5 Å². The molecule has 0 spiro atoms. The Kier molecular flexibility index (Phi) is 5.98. The number of hydrogen-bond acceptors (Lipinski definition) is 4. The Morgan fingerprint density at radius 2 is 2.04 bits per heavy atom. The number of ether oxygens (including phenoxy) is 1. The van der Waals surface area contributed by atoms with Crippen LogP contribution in [0.1, 0.15) is 38.7 Å². The Balaban J connectivity index is 1.82. The number of urea groups is 1. The Labute approximate surface area is 163 Å². The normalized spacial score (nSPS) is 25.2. The summed E-state index contributed by atoms with van der Waals surface area (Å²) in [6, 6.07) is 4.97. The lowest BCUT2D eigenvalue weighted by molar-refractivity contribution is -0.143. The van der Waals surface area contributed by atoms with Crippen molar-refractivity contribution in [2.45, 2.75) is 44.8 Å². The molecule has 0 saturated carbocycles. The summed E-state index contributed by atoms with van der Waals surface area (Å²) in [4.78, 5) is 41.1. The van der Waals surface area contributed by atoms with Gasteiger partial charge < -0.3 is 15.0 Å². The number of nitrogens with one attached hydrogen (secondary N) is 1. The van der Waals surface area contributed by atoms with Gasteiger partial charge in [-0.15, -0.1) is 0 Å². The fraction of sp³-hybridized carbons (Fsp3) is 0.550. The maximum Gasteiger partial charge on any atom is 0.325 e. The van der Waals surface area contributed by atoms with Crippen molar-refractivity contribution in [2.75, 3.05) is 26.2 Å². The first-order valence-corrected chi connectivity index (χ1v) is 9.67. The highest BCUT2D eigenvalue weighted by atomic mass is 19.1. The van der Waals surface area contributed by atoms with Gasteiger partial charge in [-0.05, 0) is 31.0 Å². The average molecular weight is 391 g/mol. The van der Waals surface area contributed by atoms with Crippen LogP contribution in [0.15, 0.2) is 24.3 Å². The SMILES string of the molecule is CCCCC1(c2ccc(F)cc2)NC(=O)N(CC(=O)N2CCOC(C)C2)C1=O. The minimum absolute atomic E-state index is 0.0799. The first kappa shape index (κ1) is 20.3. The zero-order valence-corrected chi connectivity index (χ0v) is 16.2. The second kappa shape index (κ2) is 8.26. The number of nitrogens with zero attached hydrogens (tertiary/aromatic N) is 2. The third-order valence-electron chi connectivity index (χ3n) is 5.31. The van der Waals surface area contributed by atoms with E-state index in [1.807, 2.05) is 13.8 Å². The van der Waals surface area contributed by atoms with Crippen LogP contribution in [0.25, 0.3) is 0 Å². The fourth-order valence-electron chi connectivity index (χ4n) is 3.74. The molecule has 1 N–H and O–H groups in total. The van der Waals surface area contributed by atoms with E-state index in [-0.39, 0.29) is 18.6 Å². The molecule has 2 aliphatic heterocycles. The van der Waals surface area contributed by atoms with E-state index < -0.39 is 23.3 Å². The van der Waals surface area contributed by atoms with Gasteiger partial charge in [-0.3, -0.25) is 14.5 Å². The largest absolute Gasteiger partial charge is 0.375 e. The number of halogens is 1. The number of benzene rings is 1. The molecule has 0 aromatic heterocycles. The number of imide groups is 1. The molecule has 1 aromatic rings. The highest BCUT2D eigenvalue weighted by molar-refractivity contribution is 6.09. The second-order valence-electron chi connectivity index (χ2n) is 7.36. The number of rotatable bonds is 6. The Morgan fingerprint density at radius 1 is 1.32 bits per heavy atom. The third-order valence-corrected chi connectivity index (χ3v) is 5.31. The summed E-state index contributed by atoms with van der Waals surface area (Å²) in [7, 11) is 0. The molecule has 1 aromatic carbocycles. The Bertz CT molecular complexity index is 754. The van der Waals surface area contributed by atoms with Crippen molar-refractivity contribution in [1.29, 1.82) is 0 Å². The summed E-state index contributed by atoms with van der Waals surface area (Å²) in [5, 5.41) is 2.77. The lowest BCUT2D eigenvalue weighted by atomic mass is 9.85. The topological polar surface area (TPSA) is 79.0 Å². The molecule has 0 radical (unpaired) electrons. The van der Waals surface area contributed by atoms with Crippen molar-refractivity contribution in [3.63, 3.8) is 0 Å². The van der Waals surface area contributed by atoms with E-state index in [1.165, 1.54) is 24.3 Å². The highest BCUT2D eigenvalue weighted by Crippen LogP contribution is 2.34.